The Hall–Kier alpha value is -1.39. The first kappa shape index (κ1) is 14.0. The molecule has 0 radical (unpaired) electrons. The second kappa shape index (κ2) is 6.68. The largest absolute Gasteiger partial charge is 0.339 e. The molecule has 0 aliphatic carbocycles. The number of halogens is 1. The highest BCUT2D eigenvalue weighted by Gasteiger charge is 2.13. The summed E-state index contributed by atoms with van der Waals surface area (Å²) < 4.78 is 5.29. The van der Waals surface area contributed by atoms with Crippen LogP contribution in [0.15, 0.2) is 28.8 Å². The number of rotatable bonds is 6. The summed E-state index contributed by atoms with van der Waals surface area (Å²) in [6.07, 6.45) is 1.78. The van der Waals surface area contributed by atoms with Crippen LogP contribution in [-0.4, -0.2) is 22.7 Å². The molecule has 102 valence electrons. The third-order valence-electron chi connectivity index (χ3n) is 2.96. The van der Waals surface area contributed by atoms with Crippen molar-refractivity contribution in [1.29, 1.82) is 0 Å². The lowest BCUT2D eigenvalue weighted by Crippen LogP contribution is -2.30. The smallest absolute Gasteiger partial charge is 0.228 e. The molecular weight excluding hydrogens is 262 g/mol. The zero-order valence-corrected chi connectivity index (χ0v) is 11.9. The number of hydrogen-bond donors (Lipinski definition) is 1. The van der Waals surface area contributed by atoms with Crippen LogP contribution in [0.1, 0.15) is 26.2 Å². The zero-order chi connectivity index (χ0) is 13.7. The fourth-order valence-corrected chi connectivity index (χ4v) is 2.13. The summed E-state index contributed by atoms with van der Waals surface area (Å²) in [7, 11) is 0. The van der Waals surface area contributed by atoms with Crippen molar-refractivity contribution >= 4 is 11.6 Å². The van der Waals surface area contributed by atoms with Crippen LogP contribution in [0.5, 0.6) is 0 Å². The summed E-state index contributed by atoms with van der Waals surface area (Å²) >= 11 is 5.95. The molecule has 0 saturated heterocycles. The van der Waals surface area contributed by atoms with Crippen molar-refractivity contribution in [2.75, 3.05) is 6.54 Å². The molecule has 0 saturated carbocycles. The fourth-order valence-electron chi connectivity index (χ4n) is 1.94. The SMILES string of the molecule is CCNC(CC)Cc1nc(-c2cccc(Cl)c2)no1. The molecule has 0 aliphatic heterocycles. The number of benzene rings is 1. The molecule has 0 amide bonds. The first-order valence-electron chi connectivity index (χ1n) is 6.54. The molecule has 0 aliphatic rings. The molecule has 0 fully saturated rings. The van der Waals surface area contributed by atoms with Gasteiger partial charge in [0.25, 0.3) is 0 Å². The maximum Gasteiger partial charge on any atom is 0.228 e. The Morgan fingerprint density at radius 2 is 2.21 bits per heavy atom. The van der Waals surface area contributed by atoms with Crippen molar-refractivity contribution in [3.05, 3.63) is 35.2 Å². The van der Waals surface area contributed by atoms with E-state index in [0.717, 1.165) is 24.9 Å². The predicted octanol–water partition coefficient (Wildman–Crippen LogP) is 3.32. The lowest BCUT2D eigenvalue weighted by atomic mass is 10.1. The van der Waals surface area contributed by atoms with Gasteiger partial charge in [-0.1, -0.05) is 42.7 Å². The minimum absolute atomic E-state index is 0.373. The molecule has 0 bridgehead atoms. The summed E-state index contributed by atoms with van der Waals surface area (Å²) in [6.45, 7) is 5.17. The van der Waals surface area contributed by atoms with E-state index < -0.39 is 0 Å². The summed E-state index contributed by atoms with van der Waals surface area (Å²) in [4.78, 5) is 4.42. The second-order valence-corrected chi connectivity index (χ2v) is 4.83. The number of aromatic nitrogens is 2. The van der Waals surface area contributed by atoms with Gasteiger partial charge in [0.15, 0.2) is 0 Å². The number of likely N-dealkylation sites (N-methyl/N-ethyl adjacent to an activating group) is 1. The number of nitrogens with zero attached hydrogens (tertiary/aromatic N) is 2. The van der Waals surface area contributed by atoms with Gasteiger partial charge in [-0.05, 0) is 25.1 Å². The third kappa shape index (κ3) is 3.78. The number of nitrogens with one attached hydrogen (secondary N) is 1. The summed E-state index contributed by atoms with van der Waals surface area (Å²) in [5.41, 5.74) is 0.874. The molecule has 0 spiro atoms. The van der Waals surface area contributed by atoms with Gasteiger partial charge in [0.05, 0.1) is 0 Å². The predicted molar refractivity (Wildman–Crippen MR) is 76.2 cm³/mol. The highest BCUT2D eigenvalue weighted by molar-refractivity contribution is 6.30. The molecule has 2 rings (SSSR count). The quantitative estimate of drug-likeness (QED) is 0.881. The van der Waals surface area contributed by atoms with Crippen LogP contribution in [0.4, 0.5) is 0 Å². The van der Waals surface area contributed by atoms with Crippen molar-refractivity contribution < 1.29 is 4.52 Å². The Labute approximate surface area is 118 Å². The molecule has 5 heteroatoms. The summed E-state index contributed by atoms with van der Waals surface area (Å²) in [6, 6.07) is 7.82. The minimum Gasteiger partial charge on any atom is -0.339 e. The second-order valence-electron chi connectivity index (χ2n) is 4.39. The van der Waals surface area contributed by atoms with Crippen LogP contribution in [0, 0.1) is 0 Å². The van der Waals surface area contributed by atoms with Crippen molar-refractivity contribution in [3.8, 4) is 11.4 Å². The van der Waals surface area contributed by atoms with Gasteiger partial charge < -0.3 is 9.84 Å². The van der Waals surface area contributed by atoms with E-state index >= 15 is 0 Å². The van der Waals surface area contributed by atoms with Gasteiger partial charge in [0, 0.05) is 23.0 Å². The average Bonchev–Trinajstić information content (AvgIpc) is 2.87. The van der Waals surface area contributed by atoms with Crippen molar-refractivity contribution in [1.82, 2.24) is 15.5 Å². The molecule has 19 heavy (non-hydrogen) atoms. The zero-order valence-electron chi connectivity index (χ0n) is 11.2. The highest BCUT2D eigenvalue weighted by Crippen LogP contribution is 2.20. The Morgan fingerprint density at radius 1 is 1.37 bits per heavy atom. The molecule has 1 aromatic heterocycles. The monoisotopic (exact) mass is 279 g/mol. The Bertz CT molecular complexity index is 527. The Balaban J connectivity index is 2.10. The molecule has 1 N–H and O–H groups in total. The van der Waals surface area contributed by atoms with Crippen LogP contribution in [-0.2, 0) is 6.42 Å². The minimum atomic E-state index is 0.373. The van der Waals surface area contributed by atoms with Crippen LogP contribution in [0.3, 0.4) is 0 Å². The summed E-state index contributed by atoms with van der Waals surface area (Å²) in [5, 5.41) is 8.06. The first-order valence-corrected chi connectivity index (χ1v) is 6.92. The first-order chi connectivity index (χ1) is 9.22. The van der Waals surface area contributed by atoms with Crippen molar-refractivity contribution in [2.24, 2.45) is 0 Å². The number of hydrogen-bond acceptors (Lipinski definition) is 4. The van der Waals surface area contributed by atoms with Gasteiger partial charge in [0.2, 0.25) is 11.7 Å². The van der Waals surface area contributed by atoms with E-state index in [0.29, 0.717) is 22.8 Å². The van der Waals surface area contributed by atoms with E-state index in [2.05, 4.69) is 29.3 Å². The van der Waals surface area contributed by atoms with E-state index in [9.17, 15) is 0 Å². The van der Waals surface area contributed by atoms with E-state index in [1.807, 2.05) is 24.3 Å². The topological polar surface area (TPSA) is 51.0 Å². The normalized spacial score (nSPS) is 12.6. The molecule has 1 unspecified atom stereocenters. The van der Waals surface area contributed by atoms with E-state index in [1.54, 1.807) is 0 Å². The Morgan fingerprint density at radius 3 is 2.89 bits per heavy atom. The average molecular weight is 280 g/mol. The summed E-state index contributed by atoms with van der Waals surface area (Å²) in [5.74, 6) is 1.24. The van der Waals surface area contributed by atoms with Crippen LogP contribution < -0.4 is 5.32 Å². The van der Waals surface area contributed by atoms with Gasteiger partial charge in [0.1, 0.15) is 0 Å². The van der Waals surface area contributed by atoms with Crippen LogP contribution in [0.25, 0.3) is 11.4 Å². The van der Waals surface area contributed by atoms with Gasteiger partial charge in [-0.3, -0.25) is 0 Å². The third-order valence-corrected chi connectivity index (χ3v) is 3.19. The maximum absolute atomic E-state index is 5.95. The highest BCUT2D eigenvalue weighted by atomic mass is 35.5. The molecule has 1 atom stereocenters. The van der Waals surface area contributed by atoms with Gasteiger partial charge in [-0.15, -0.1) is 0 Å². The lowest BCUT2D eigenvalue weighted by Gasteiger charge is -2.12. The Kier molecular flexibility index (Phi) is 4.93. The molecule has 1 aromatic carbocycles. The molecular formula is C14H18ClN3O. The van der Waals surface area contributed by atoms with Gasteiger partial charge in [-0.25, -0.2) is 0 Å². The van der Waals surface area contributed by atoms with E-state index in [-0.39, 0.29) is 0 Å². The fraction of sp³-hybridized carbons (Fsp3) is 0.429. The standard InChI is InChI=1S/C14H18ClN3O/c1-3-12(16-4-2)9-13-17-14(18-19-13)10-6-5-7-11(15)8-10/h5-8,12,16H,3-4,9H2,1-2H3. The molecule has 1 heterocycles. The lowest BCUT2D eigenvalue weighted by molar-refractivity contribution is 0.355. The van der Waals surface area contributed by atoms with Gasteiger partial charge >= 0.3 is 0 Å². The molecule has 4 nitrogen and oxygen atoms in total. The van der Waals surface area contributed by atoms with E-state index in [1.165, 1.54) is 0 Å². The van der Waals surface area contributed by atoms with Gasteiger partial charge in [-0.2, -0.15) is 4.98 Å². The maximum atomic E-state index is 5.95. The van der Waals surface area contributed by atoms with Crippen molar-refractivity contribution in [3.63, 3.8) is 0 Å². The van der Waals surface area contributed by atoms with Crippen LogP contribution >= 0.6 is 11.6 Å². The van der Waals surface area contributed by atoms with E-state index in [4.69, 9.17) is 16.1 Å². The molecule has 2 aromatic rings. The van der Waals surface area contributed by atoms with Crippen molar-refractivity contribution in [2.45, 2.75) is 32.7 Å². The van der Waals surface area contributed by atoms with Crippen LogP contribution in [0.2, 0.25) is 5.02 Å².